The fourth-order valence-electron chi connectivity index (χ4n) is 3.20. The lowest BCUT2D eigenvalue weighted by Gasteiger charge is -2.22. The Morgan fingerprint density at radius 1 is 1.19 bits per heavy atom. The number of hydrogen-bond acceptors (Lipinski definition) is 6. The summed E-state index contributed by atoms with van der Waals surface area (Å²) >= 11 is 0. The Hall–Kier alpha value is -2.83. The summed E-state index contributed by atoms with van der Waals surface area (Å²) in [6.45, 7) is 1.64. The molecule has 0 atom stereocenters. The molecular weight excluding hydrogens is 330 g/mol. The molecule has 2 heterocycles. The fraction of sp³-hybridized carbons (Fsp3) is 0.421. The first-order valence-corrected chi connectivity index (χ1v) is 8.89. The number of fused-ring (bicyclic) bond motifs is 1. The summed E-state index contributed by atoms with van der Waals surface area (Å²) in [6.07, 6.45) is 4.12. The summed E-state index contributed by atoms with van der Waals surface area (Å²) in [6, 6.07) is 7.55. The zero-order valence-electron chi connectivity index (χ0n) is 15.1. The van der Waals surface area contributed by atoms with E-state index in [2.05, 4.69) is 15.3 Å². The van der Waals surface area contributed by atoms with Crippen LogP contribution in [-0.4, -0.2) is 43.1 Å². The molecule has 0 saturated heterocycles. The molecule has 7 heteroatoms. The van der Waals surface area contributed by atoms with Gasteiger partial charge in [-0.3, -0.25) is 4.79 Å². The number of nitrogens with one attached hydrogen (secondary N) is 1. The van der Waals surface area contributed by atoms with Crippen LogP contribution in [0.4, 0.5) is 17.3 Å². The smallest absolute Gasteiger partial charge is 0.246 e. The van der Waals surface area contributed by atoms with E-state index < -0.39 is 0 Å². The summed E-state index contributed by atoms with van der Waals surface area (Å²) in [5, 5.41) is 3.45. The Morgan fingerprint density at radius 3 is 2.65 bits per heavy atom. The second kappa shape index (κ2) is 6.82. The molecule has 2 aliphatic rings. The van der Waals surface area contributed by atoms with Crippen molar-refractivity contribution in [1.29, 1.82) is 0 Å². The highest BCUT2D eigenvalue weighted by molar-refractivity contribution is 5.97. The Morgan fingerprint density at radius 2 is 1.96 bits per heavy atom. The third-order valence-electron chi connectivity index (χ3n) is 4.91. The van der Waals surface area contributed by atoms with Crippen molar-refractivity contribution in [3.05, 3.63) is 36.2 Å². The van der Waals surface area contributed by atoms with Gasteiger partial charge in [0.25, 0.3) is 0 Å². The van der Waals surface area contributed by atoms with Crippen LogP contribution in [-0.2, 0) is 11.3 Å². The number of carbonyl (C=O) groups excluding carboxylic acids is 1. The van der Waals surface area contributed by atoms with Crippen molar-refractivity contribution in [2.75, 3.05) is 42.4 Å². The van der Waals surface area contributed by atoms with Gasteiger partial charge in [0.05, 0.1) is 25.8 Å². The van der Waals surface area contributed by atoms with Crippen molar-refractivity contribution in [1.82, 2.24) is 9.97 Å². The molecule has 0 spiro atoms. The first-order valence-electron chi connectivity index (χ1n) is 8.89. The molecule has 0 radical (unpaired) electrons. The van der Waals surface area contributed by atoms with E-state index in [9.17, 15) is 4.79 Å². The number of carbonyl (C=O) groups is 1. The highest BCUT2D eigenvalue weighted by Crippen LogP contribution is 2.33. The largest absolute Gasteiger partial charge is 0.497 e. The van der Waals surface area contributed by atoms with Gasteiger partial charge in [-0.1, -0.05) is 0 Å². The molecule has 0 bridgehead atoms. The topological polar surface area (TPSA) is 70.6 Å². The van der Waals surface area contributed by atoms with Crippen LogP contribution in [0.5, 0.6) is 5.75 Å². The van der Waals surface area contributed by atoms with Gasteiger partial charge in [-0.05, 0) is 43.0 Å². The minimum atomic E-state index is 0.0313. The second-order valence-electron chi connectivity index (χ2n) is 6.88. The van der Waals surface area contributed by atoms with Gasteiger partial charge in [0.2, 0.25) is 5.91 Å². The number of anilines is 3. The standard InChI is InChI=1S/C19H23N5O2/c1-23-11-17(25)24(14-5-7-15(26-2)8-6-14)10-16-18(20-9-13-3-4-13)21-12-22-19(16)23/h5-8,12-13H,3-4,9-11H2,1-2H3,(H,20,21,22). The van der Waals surface area contributed by atoms with Crippen LogP contribution >= 0.6 is 0 Å². The van der Waals surface area contributed by atoms with E-state index in [4.69, 9.17) is 4.74 Å². The number of benzene rings is 1. The summed E-state index contributed by atoms with van der Waals surface area (Å²) in [5.74, 6) is 3.17. The van der Waals surface area contributed by atoms with Crippen molar-refractivity contribution in [3.8, 4) is 5.75 Å². The van der Waals surface area contributed by atoms with Crippen molar-refractivity contribution in [2.24, 2.45) is 5.92 Å². The van der Waals surface area contributed by atoms with Crippen LogP contribution in [0.25, 0.3) is 0 Å². The lowest BCUT2D eigenvalue weighted by Crippen LogP contribution is -2.35. The molecule has 1 aliphatic carbocycles. The number of nitrogens with zero attached hydrogens (tertiary/aromatic N) is 4. The van der Waals surface area contributed by atoms with Gasteiger partial charge >= 0.3 is 0 Å². The molecule has 26 heavy (non-hydrogen) atoms. The van der Waals surface area contributed by atoms with Crippen molar-refractivity contribution >= 4 is 23.2 Å². The lowest BCUT2D eigenvalue weighted by molar-refractivity contribution is -0.117. The van der Waals surface area contributed by atoms with Crippen molar-refractivity contribution < 1.29 is 9.53 Å². The SMILES string of the molecule is COc1ccc(N2Cc3c(NCC4CC4)ncnc3N(C)CC2=O)cc1. The number of methoxy groups -OCH3 is 1. The van der Waals surface area contributed by atoms with E-state index in [1.807, 2.05) is 36.2 Å². The van der Waals surface area contributed by atoms with Crippen LogP contribution in [0.15, 0.2) is 30.6 Å². The highest BCUT2D eigenvalue weighted by Gasteiger charge is 2.29. The summed E-state index contributed by atoms with van der Waals surface area (Å²) in [5.41, 5.74) is 1.80. The van der Waals surface area contributed by atoms with Gasteiger partial charge < -0.3 is 19.9 Å². The first-order chi connectivity index (χ1) is 12.7. The molecule has 4 rings (SSSR count). The Kier molecular flexibility index (Phi) is 4.36. The van der Waals surface area contributed by atoms with E-state index in [0.717, 1.165) is 41.1 Å². The molecule has 1 fully saturated rings. The highest BCUT2D eigenvalue weighted by atomic mass is 16.5. The Balaban J connectivity index is 1.67. The third-order valence-corrected chi connectivity index (χ3v) is 4.91. The zero-order valence-corrected chi connectivity index (χ0v) is 15.1. The maximum Gasteiger partial charge on any atom is 0.246 e. The van der Waals surface area contributed by atoms with Gasteiger partial charge in [-0.25, -0.2) is 9.97 Å². The van der Waals surface area contributed by atoms with Gasteiger partial charge in [-0.2, -0.15) is 0 Å². The molecule has 1 amide bonds. The number of aromatic nitrogens is 2. The van der Waals surface area contributed by atoms with Gasteiger partial charge in [-0.15, -0.1) is 0 Å². The third kappa shape index (κ3) is 3.29. The van der Waals surface area contributed by atoms with Crippen LogP contribution < -0.4 is 19.9 Å². The summed E-state index contributed by atoms with van der Waals surface area (Å²) in [4.78, 5) is 25.4. The molecule has 1 aromatic heterocycles. The molecule has 1 aromatic carbocycles. The number of likely N-dealkylation sites (N-methyl/N-ethyl adjacent to an activating group) is 1. The summed E-state index contributed by atoms with van der Waals surface area (Å²) < 4.78 is 5.22. The quantitative estimate of drug-likeness (QED) is 0.889. The monoisotopic (exact) mass is 353 g/mol. The van der Waals surface area contributed by atoms with E-state index >= 15 is 0 Å². The Bertz CT molecular complexity index is 804. The lowest BCUT2D eigenvalue weighted by atomic mass is 10.2. The molecule has 1 saturated carbocycles. The first kappa shape index (κ1) is 16.6. The molecule has 2 aromatic rings. The van der Waals surface area contributed by atoms with E-state index in [1.54, 1.807) is 18.3 Å². The van der Waals surface area contributed by atoms with E-state index in [1.165, 1.54) is 12.8 Å². The van der Waals surface area contributed by atoms with Gasteiger partial charge in [0.1, 0.15) is 23.7 Å². The number of ether oxygens (including phenoxy) is 1. The predicted molar refractivity (Wildman–Crippen MR) is 101 cm³/mol. The second-order valence-corrected chi connectivity index (χ2v) is 6.88. The fourth-order valence-corrected chi connectivity index (χ4v) is 3.20. The van der Waals surface area contributed by atoms with Crippen LogP contribution in [0.3, 0.4) is 0 Å². The van der Waals surface area contributed by atoms with Gasteiger partial charge in [0, 0.05) is 19.3 Å². The zero-order chi connectivity index (χ0) is 18.1. The van der Waals surface area contributed by atoms with Crippen LogP contribution in [0.1, 0.15) is 18.4 Å². The average Bonchev–Trinajstić information content (AvgIpc) is 3.49. The minimum Gasteiger partial charge on any atom is -0.497 e. The molecule has 136 valence electrons. The molecule has 0 unspecified atom stereocenters. The molecule has 1 aliphatic heterocycles. The van der Waals surface area contributed by atoms with E-state index in [-0.39, 0.29) is 12.5 Å². The number of hydrogen-bond donors (Lipinski definition) is 1. The van der Waals surface area contributed by atoms with Crippen molar-refractivity contribution in [3.63, 3.8) is 0 Å². The normalized spacial score (nSPS) is 16.9. The van der Waals surface area contributed by atoms with Crippen LogP contribution in [0, 0.1) is 5.92 Å². The molecular formula is C19H23N5O2. The maximum atomic E-state index is 12.8. The average molecular weight is 353 g/mol. The molecule has 7 nitrogen and oxygen atoms in total. The summed E-state index contributed by atoms with van der Waals surface area (Å²) in [7, 11) is 3.53. The Labute approximate surface area is 153 Å². The number of rotatable bonds is 5. The maximum absolute atomic E-state index is 12.8. The molecule has 1 N–H and O–H groups in total. The van der Waals surface area contributed by atoms with E-state index in [0.29, 0.717) is 6.54 Å². The van der Waals surface area contributed by atoms with Crippen molar-refractivity contribution in [2.45, 2.75) is 19.4 Å². The number of amides is 1. The van der Waals surface area contributed by atoms with Crippen LogP contribution in [0.2, 0.25) is 0 Å². The van der Waals surface area contributed by atoms with Gasteiger partial charge in [0.15, 0.2) is 0 Å². The minimum absolute atomic E-state index is 0.0313. The predicted octanol–water partition coefficient (Wildman–Crippen LogP) is 2.29.